The number of ether oxygens (including phenoxy) is 1. The molecule has 262 valence electrons. The number of aromatic amines is 1. The van der Waals surface area contributed by atoms with Crippen molar-refractivity contribution in [3.63, 3.8) is 0 Å². The van der Waals surface area contributed by atoms with E-state index in [1.807, 2.05) is 24.3 Å². The van der Waals surface area contributed by atoms with E-state index in [0.717, 1.165) is 17.2 Å². The van der Waals surface area contributed by atoms with Crippen molar-refractivity contribution in [1.29, 1.82) is 0 Å². The summed E-state index contributed by atoms with van der Waals surface area (Å²) in [6.45, 7) is 3.54. The molecule has 0 fully saturated rings. The number of benzene rings is 3. The molecule has 1 aliphatic rings. The van der Waals surface area contributed by atoms with Crippen molar-refractivity contribution < 1.29 is 41.7 Å². The molecule has 3 aromatic carbocycles. The van der Waals surface area contributed by atoms with Gasteiger partial charge in [0.05, 0.1) is 17.5 Å². The minimum Gasteiger partial charge on any atom is -0.481 e. The first kappa shape index (κ1) is 34.8. The Labute approximate surface area is 287 Å². The molecule has 3 heterocycles. The normalized spacial score (nSPS) is 19.1. The van der Waals surface area contributed by atoms with Gasteiger partial charge in [0.2, 0.25) is 0 Å². The zero-order valence-corrected chi connectivity index (χ0v) is 28.3. The van der Waals surface area contributed by atoms with Crippen LogP contribution in [0.1, 0.15) is 62.3 Å². The second-order valence-corrected chi connectivity index (χ2v) is 15.8. The van der Waals surface area contributed by atoms with Gasteiger partial charge in [0.15, 0.2) is 26.7 Å². The number of aromatic nitrogens is 3. The third kappa shape index (κ3) is 7.42. The number of carboxylic acids is 2. The predicted molar refractivity (Wildman–Crippen MR) is 183 cm³/mol. The topological polar surface area (TPSA) is 152 Å². The minimum atomic E-state index is -4.30. The summed E-state index contributed by atoms with van der Waals surface area (Å²) in [5.41, 5.74) is 1.58. The number of H-pyrrole nitrogens is 1. The third-order valence-corrected chi connectivity index (χ3v) is 11.6. The van der Waals surface area contributed by atoms with Gasteiger partial charge in [-0.2, -0.15) is 5.10 Å². The number of hydrogen-bond acceptors (Lipinski definition) is 6. The fourth-order valence-electron chi connectivity index (χ4n) is 6.78. The number of carbonyl (C=O) groups is 2. The molecule has 4 bridgehead atoms. The third-order valence-electron chi connectivity index (χ3n) is 9.21. The lowest BCUT2D eigenvalue weighted by atomic mass is 9.87. The standard InChI is InChI=1S/C37H37F2N3O7S/c1-37(2)14-4-7-32(23-6-3-5-22(17-23)8-11-34(43)44)42-16-13-30(41-42)27-18-24(9-10-28(27)38)49-35-26(19-33(36(45)46)50(47,48)21-37)25-12-15-40-31(25)20-29(35)39/h3,5-6,9-10,12-13,15-18,20,32-33,40H,4,7-8,11,14,19,21H2,1-2H3,(H,43,44)(H,45,46). The van der Waals surface area contributed by atoms with Gasteiger partial charge in [-0.05, 0) is 66.1 Å². The molecule has 2 unspecified atom stereocenters. The molecule has 6 rings (SSSR count). The predicted octanol–water partition coefficient (Wildman–Crippen LogP) is 7.33. The van der Waals surface area contributed by atoms with Crippen molar-refractivity contribution in [2.75, 3.05) is 5.75 Å². The summed E-state index contributed by atoms with van der Waals surface area (Å²) in [7, 11) is -4.30. The van der Waals surface area contributed by atoms with Gasteiger partial charge in [-0.15, -0.1) is 0 Å². The van der Waals surface area contributed by atoms with E-state index in [4.69, 9.17) is 9.84 Å². The Balaban J connectivity index is 1.49. The Hall–Kier alpha value is -5.04. The van der Waals surface area contributed by atoms with E-state index in [2.05, 4.69) is 4.98 Å². The molecule has 13 heteroatoms. The largest absolute Gasteiger partial charge is 0.481 e. The van der Waals surface area contributed by atoms with Gasteiger partial charge in [0.25, 0.3) is 0 Å². The highest BCUT2D eigenvalue weighted by Gasteiger charge is 2.39. The number of halogens is 2. The van der Waals surface area contributed by atoms with E-state index in [9.17, 15) is 28.2 Å². The van der Waals surface area contributed by atoms with Crippen LogP contribution in [0, 0.1) is 17.0 Å². The van der Waals surface area contributed by atoms with Crippen molar-refractivity contribution in [1.82, 2.24) is 14.8 Å². The number of fused-ring (bicyclic) bond motifs is 8. The summed E-state index contributed by atoms with van der Waals surface area (Å²) in [4.78, 5) is 26.7. The summed E-state index contributed by atoms with van der Waals surface area (Å²) in [6.07, 6.45) is 4.41. The highest BCUT2D eigenvalue weighted by Crippen LogP contribution is 2.39. The first-order valence-corrected chi connectivity index (χ1v) is 18.0. The molecule has 2 aromatic heterocycles. The van der Waals surface area contributed by atoms with Crippen LogP contribution >= 0.6 is 0 Å². The molecule has 0 spiro atoms. The van der Waals surface area contributed by atoms with Crippen molar-refractivity contribution in [3.05, 3.63) is 101 Å². The quantitative estimate of drug-likeness (QED) is 0.172. The number of aryl methyl sites for hydroxylation is 1. The van der Waals surface area contributed by atoms with Gasteiger partial charge < -0.3 is 19.9 Å². The van der Waals surface area contributed by atoms with E-state index < -0.39 is 56.2 Å². The number of hydrogen-bond donors (Lipinski definition) is 3. The number of sulfone groups is 1. The number of aliphatic carboxylic acids is 2. The molecule has 0 saturated heterocycles. The second kappa shape index (κ2) is 13.7. The number of rotatable bonds is 5. The molecule has 10 nitrogen and oxygen atoms in total. The lowest BCUT2D eigenvalue weighted by molar-refractivity contribution is -0.137. The molecule has 5 aromatic rings. The maximum Gasteiger partial charge on any atom is 0.322 e. The maximum atomic E-state index is 15.7. The highest BCUT2D eigenvalue weighted by atomic mass is 32.2. The van der Waals surface area contributed by atoms with Gasteiger partial charge >= 0.3 is 11.9 Å². The Kier molecular flexibility index (Phi) is 9.54. The molecule has 3 N–H and O–H groups in total. The van der Waals surface area contributed by atoms with Crippen molar-refractivity contribution in [2.24, 2.45) is 5.41 Å². The Morgan fingerprint density at radius 2 is 1.86 bits per heavy atom. The summed E-state index contributed by atoms with van der Waals surface area (Å²) >= 11 is 0. The van der Waals surface area contributed by atoms with Crippen molar-refractivity contribution in [2.45, 2.75) is 63.7 Å². The molecule has 2 atom stereocenters. The zero-order chi connectivity index (χ0) is 35.8. The summed E-state index contributed by atoms with van der Waals surface area (Å²) in [5.74, 6) is -4.69. The monoisotopic (exact) mass is 705 g/mol. The van der Waals surface area contributed by atoms with Gasteiger partial charge in [-0.3, -0.25) is 14.3 Å². The van der Waals surface area contributed by atoms with E-state index in [-0.39, 0.29) is 35.1 Å². The number of nitrogens with zero attached hydrogens (tertiary/aromatic N) is 2. The van der Waals surface area contributed by atoms with Crippen LogP contribution in [-0.2, 0) is 32.3 Å². The van der Waals surface area contributed by atoms with Crippen LogP contribution in [0.5, 0.6) is 11.5 Å². The molecular weight excluding hydrogens is 668 g/mol. The summed E-state index contributed by atoms with van der Waals surface area (Å²) in [5, 5.41) is 22.7. The molecular formula is C37H37F2N3O7S. The highest BCUT2D eigenvalue weighted by molar-refractivity contribution is 7.92. The van der Waals surface area contributed by atoms with Gasteiger partial charge in [0, 0.05) is 53.3 Å². The lowest BCUT2D eigenvalue weighted by Gasteiger charge is -2.28. The lowest BCUT2D eigenvalue weighted by Crippen LogP contribution is -2.38. The first-order valence-electron chi connectivity index (χ1n) is 16.3. The number of carboxylic acid groups (broad SMARTS) is 2. The van der Waals surface area contributed by atoms with Crippen molar-refractivity contribution in [3.8, 4) is 22.8 Å². The minimum absolute atomic E-state index is 0.0330. The van der Waals surface area contributed by atoms with Crippen LogP contribution in [-0.4, -0.2) is 56.3 Å². The van der Waals surface area contributed by atoms with Crippen molar-refractivity contribution >= 4 is 32.7 Å². The fourth-order valence-corrected chi connectivity index (χ4v) is 8.94. The average Bonchev–Trinajstić information content (AvgIpc) is 3.72. The van der Waals surface area contributed by atoms with Gasteiger partial charge in [-0.1, -0.05) is 44.5 Å². The Bertz CT molecular complexity index is 2190. The summed E-state index contributed by atoms with van der Waals surface area (Å²) < 4.78 is 66.6. The maximum absolute atomic E-state index is 15.7. The van der Waals surface area contributed by atoms with Gasteiger partial charge in [-0.25, -0.2) is 17.2 Å². The van der Waals surface area contributed by atoms with Crippen LogP contribution in [0.25, 0.3) is 22.2 Å². The molecule has 0 aliphatic carbocycles. The van der Waals surface area contributed by atoms with E-state index in [1.54, 1.807) is 36.9 Å². The van der Waals surface area contributed by atoms with Crippen LogP contribution in [0.2, 0.25) is 0 Å². The molecule has 0 radical (unpaired) electrons. The average molecular weight is 706 g/mol. The van der Waals surface area contributed by atoms with Crippen LogP contribution in [0.4, 0.5) is 8.78 Å². The van der Waals surface area contributed by atoms with Crippen LogP contribution < -0.4 is 4.74 Å². The fraction of sp³-hybridized carbons (Fsp3) is 0.324. The van der Waals surface area contributed by atoms with Crippen LogP contribution in [0.3, 0.4) is 0 Å². The van der Waals surface area contributed by atoms with E-state index in [1.165, 1.54) is 24.4 Å². The molecule has 1 aliphatic heterocycles. The van der Waals surface area contributed by atoms with Crippen LogP contribution in [0.15, 0.2) is 73.1 Å². The molecule has 0 amide bonds. The Morgan fingerprint density at radius 1 is 1.06 bits per heavy atom. The second-order valence-electron chi connectivity index (χ2n) is 13.6. The summed E-state index contributed by atoms with van der Waals surface area (Å²) in [6, 6.07) is 15.4. The van der Waals surface area contributed by atoms with E-state index in [0.29, 0.717) is 42.3 Å². The van der Waals surface area contributed by atoms with E-state index >= 15 is 8.78 Å². The molecule has 50 heavy (non-hydrogen) atoms. The smallest absolute Gasteiger partial charge is 0.322 e. The Morgan fingerprint density at radius 3 is 2.62 bits per heavy atom. The SMILES string of the molecule is CC1(C)CCCC(c2cccc(CCC(=O)O)c2)n2ccc(n2)-c2cc(ccc2F)Oc2c(F)cc3[nH]ccc3c2CC(C(=O)O)S(=O)(=O)C1. The molecule has 0 saturated carbocycles. The zero-order valence-electron chi connectivity index (χ0n) is 27.5. The first-order chi connectivity index (χ1) is 23.7. The number of nitrogens with one attached hydrogen (secondary N) is 1. The van der Waals surface area contributed by atoms with Gasteiger partial charge in [0.1, 0.15) is 11.6 Å².